The molecule has 1 amide bonds. The molecule has 7 heteroatoms. The molecule has 0 fully saturated rings. The van der Waals surface area contributed by atoms with E-state index in [-0.39, 0.29) is 17.1 Å². The van der Waals surface area contributed by atoms with Gasteiger partial charge in [-0.15, -0.1) is 10.2 Å². The van der Waals surface area contributed by atoms with Crippen molar-refractivity contribution in [3.8, 4) is 17.5 Å². The van der Waals surface area contributed by atoms with Gasteiger partial charge in [-0.25, -0.2) is 0 Å². The van der Waals surface area contributed by atoms with Crippen molar-refractivity contribution in [3.05, 3.63) is 59.7 Å². The third-order valence-electron chi connectivity index (χ3n) is 4.70. The molecule has 6 nitrogen and oxygen atoms in total. The summed E-state index contributed by atoms with van der Waals surface area (Å²) in [4.78, 5) is 12.3. The minimum absolute atomic E-state index is 0.100. The Morgan fingerprint density at radius 1 is 1.10 bits per heavy atom. The summed E-state index contributed by atoms with van der Waals surface area (Å²) in [5.74, 6) is 0.882. The number of nitriles is 1. The van der Waals surface area contributed by atoms with Crippen LogP contribution in [0.1, 0.15) is 31.9 Å². The van der Waals surface area contributed by atoms with Crippen molar-refractivity contribution >= 4 is 23.4 Å². The smallest absolute Gasteiger partial charge is 0.234 e. The van der Waals surface area contributed by atoms with Gasteiger partial charge in [-0.2, -0.15) is 5.26 Å². The molecule has 0 unspecified atom stereocenters. The standard InChI is InChI=1S/C23H25N5OS/c1-23(2,3)18-9-7-17(8-10-18)21-26-27-22(28(21)4)30-15-20(29)25-19-11-5-16(6-12-19)13-14-24/h5-12H,13,15H2,1-4H3,(H,25,29). The maximum atomic E-state index is 12.3. The molecule has 3 aromatic rings. The highest BCUT2D eigenvalue weighted by Gasteiger charge is 2.16. The van der Waals surface area contributed by atoms with Crippen molar-refractivity contribution < 1.29 is 4.79 Å². The van der Waals surface area contributed by atoms with E-state index in [4.69, 9.17) is 5.26 Å². The number of benzene rings is 2. The largest absolute Gasteiger partial charge is 0.325 e. The molecular formula is C23H25N5OS. The van der Waals surface area contributed by atoms with Gasteiger partial charge in [0.2, 0.25) is 5.91 Å². The zero-order valence-corrected chi connectivity index (χ0v) is 18.5. The normalized spacial score (nSPS) is 11.2. The number of carbonyl (C=O) groups is 1. The summed E-state index contributed by atoms with van der Waals surface area (Å²) in [6, 6.07) is 17.7. The zero-order chi connectivity index (χ0) is 21.7. The van der Waals surface area contributed by atoms with E-state index in [2.05, 4.69) is 66.6 Å². The summed E-state index contributed by atoms with van der Waals surface area (Å²) in [6.45, 7) is 6.56. The topological polar surface area (TPSA) is 83.6 Å². The lowest BCUT2D eigenvalue weighted by Crippen LogP contribution is -2.14. The summed E-state index contributed by atoms with van der Waals surface area (Å²) in [5, 5.41) is 20.8. The van der Waals surface area contributed by atoms with Crippen LogP contribution in [0.4, 0.5) is 5.69 Å². The molecule has 1 N–H and O–H groups in total. The Balaban J connectivity index is 1.61. The monoisotopic (exact) mass is 419 g/mol. The van der Waals surface area contributed by atoms with Gasteiger partial charge >= 0.3 is 0 Å². The van der Waals surface area contributed by atoms with Crippen LogP contribution in [-0.2, 0) is 23.7 Å². The van der Waals surface area contributed by atoms with Gasteiger partial charge in [0.1, 0.15) is 0 Å². The minimum atomic E-state index is -0.118. The molecule has 0 radical (unpaired) electrons. The Morgan fingerprint density at radius 3 is 2.37 bits per heavy atom. The van der Waals surface area contributed by atoms with E-state index in [1.807, 2.05) is 23.7 Å². The van der Waals surface area contributed by atoms with Crippen LogP contribution in [0.2, 0.25) is 0 Å². The van der Waals surface area contributed by atoms with Gasteiger partial charge in [0.25, 0.3) is 0 Å². The highest BCUT2D eigenvalue weighted by Crippen LogP contribution is 2.27. The van der Waals surface area contributed by atoms with Crippen molar-refractivity contribution in [2.24, 2.45) is 7.05 Å². The molecule has 0 aliphatic carbocycles. The summed E-state index contributed by atoms with van der Waals surface area (Å²) in [5.41, 5.74) is 3.99. The number of carbonyl (C=O) groups excluding carboxylic acids is 1. The first kappa shape index (κ1) is 21.6. The van der Waals surface area contributed by atoms with E-state index in [0.717, 1.165) is 17.0 Å². The van der Waals surface area contributed by atoms with Crippen LogP contribution in [0.25, 0.3) is 11.4 Å². The Hall–Kier alpha value is -3.11. The number of nitrogens with zero attached hydrogens (tertiary/aromatic N) is 4. The number of hydrogen-bond acceptors (Lipinski definition) is 5. The lowest BCUT2D eigenvalue weighted by atomic mass is 9.87. The van der Waals surface area contributed by atoms with Gasteiger partial charge in [-0.3, -0.25) is 4.79 Å². The van der Waals surface area contributed by atoms with Crippen molar-refractivity contribution in [1.82, 2.24) is 14.8 Å². The summed E-state index contributed by atoms with van der Waals surface area (Å²) >= 11 is 1.34. The molecule has 0 bridgehead atoms. The molecule has 0 saturated carbocycles. The number of amides is 1. The number of rotatable bonds is 6. The van der Waals surface area contributed by atoms with Gasteiger partial charge in [-0.1, -0.05) is 68.9 Å². The zero-order valence-electron chi connectivity index (χ0n) is 17.6. The molecule has 1 aromatic heterocycles. The van der Waals surface area contributed by atoms with Crippen molar-refractivity contribution in [3.63, 3.8) is 0 Å². The van der Waals surface area contributed by atoms with E-state index in [9.17, 15) is 4.79 Å². The summed E-state index contributed by atoms with van der Waals surface area (Å²) in [7, 11) is 1.90. The molecule has 0 aliphatic heterocycles. The highest BCUT2D eigenvalue weighted by molar-refractivity contribution is 7.99. The molecule has 1 heterocycles. The fourth-order valence-electron chi connectivity index (χ4n) is 2.94. The number of nitrogens with one attached hydrogen (secondary N) is 1. The fraction of sp³-hybridized carbons (Fsp3) is 0.304. The Bertz CT molecular complexity index is 1060. The summed E-state index contributed by atoms with van der Waals surface area (Å²) < 4.78 is 1.90. The van der Waals surface area contributed by atoms with Crippen LogP contribution < -0.4 is 5.32 Å². The van der Waals surface area contributed by atoms with E-state index in [1.165, 1.54) is 17.3 Å². The molecule has 0 saturated heterocycles. The lowest BCUT2D eigenvalue weighted by molar-refractivity contribution is -0.113. The molecule has 154 valence electrons. The number of anilines is 1. The van der Waals surface area contributed by atoms with Crippen molar-refractivity contribution in [2.75, 3.05) is 11.1 Å². The lowest BCUT2D eigenvalue weighted by Gasteiger charge is -2.19. The van der Waals surface area contributed by atoms with Crippen molar-refractivity contribution in [1.29, 1.82) is 5.26 Å². The Kier molecular flexibility index (Phi) is 6.58. The third-order valence-corrected chi connectivity index (χ3v) is 5.72. The second-order valence-electron chi connectivity index (χ2n) is 8.06. The molecule has 0 aliphatic rings. The first-order chi connectivity index (χ1) is 14.3. The quantitative estimate of drug-likeness (QED) is 0.592. The SMILES string of the molecule is Cn1c(SCC(=O)Nc2ccc(CC#N)cc2)nnc1-c1ccc(C(C)(C)C)cc1. The van der Waals surface area contributed by atoms with Crippen LogP contribution in [0, 0.1) is 11.3 Å². The number of hydrogen-bond donors (Lipinski definition) is 1. The Morgan fingerprint density at radius 2 is 1.77 bits per heavy atom. The summed E-state index contributed by atoms with van der Waals surface area (Å²) in [6.07, 6.45) is 0.359. The minimum Gasteiger partial charge on any atom is -0.325 e. The molecule has 2 aromatic carbocycles. The first-order valence-corrected chi connectivity index (χ1v) is 10.7. The van der Waals surface area contributed by atoms with Crippen LogP contribution >= 0.6 is 11.8 Å². The second kappa shape index (κ2) is 9.14. The maximum absolute atomic E-state index is 12.3. The van der Waals surface area contributed by atoms with Gasteiger partial charge in [0, 0.05) is 18.3 Å². The number of thioether (sulfide) groups is 1. The van der Waals surface area contributed by atoms with Gasteiger partial charge in [-0.05, 0) is 28.7 Å². The number of aromatic nitrogens is 3. The Labute approximate surface area is 181 Å². The highest BCUT2D eigenvalue weighted by atomic mass is 32.2. The predicted octanol–water partition coefficient (Wildman–Crippen LogP) is 4.58. The van der Waals surface area contributed by atoms with E-state index < -0.39 is 0 Å². The van der Waals surface area contributed by atoms with Crippen molar-refractivity contribution in [2.45, 2.75) is 37.8 Å². The van der Waals surface area contributed by atoms with Crippen LogP contribution in [0.15, 0.2) is 53.7 Å². The molecule has 0 atom stereocenters. The molecular weight excluding hydrogens is 394 g/mol. The molecule has 0 spiro atoms. The van der Waals surface area contributed by atoms with Gasteiger partial charge < -0.3 is 9.88 Å². The molecule has 30 heavy (non-hydrogen) atoms. The van der Waals surface area contributed by atoms with E-state index in [1.54, 1.807) is 12.1 Å². The second-order valence-corrected chi connectivity index (χ2v) is 9.00. The average molecular weight is 420 g/mol. The third kappa shape index (κ3) is 5.28. The van der Waals surface area contributed by atoms with Crippen LogP contribution in [0.5, 0.6) is 0 Å². The fourth-order valence-corrected chi connectivity index (χ4v) is 3.65. The molecule has 3 rings (SSSR count). The maximum Gasteiger partial charge on any atom is 0.234 e. The average Bonchev–Trinajstić information content (AvgIpc) is 3.08. The van der Waals surface area contributed by atoms with Crippen LogP contribution in [0.3, 0.4) is 0 Å². The van der Waals surface area contributed by atoms with E-state index in [0.29, 0.717) is 17.3 Å². The van der Waals surface area contributed by atoms with Gasteiger partial charge in [0.05, 0.1) is 18.2 Å². The first-order valence-electron chi connectivity index (χ1n) is 9.67. The predicted molar refractivity (Wildman–Crippen MR) is 120 cm³/mol. The van der Waals surface area contributed by atoms with E-state index >= 15 is 0 Å². The van der Waals surface area contributed by atoms with Gasteiger partial charge in [0.15, 0.2) is 11.0 Å². The van der Waals surface area contributed by atoms with Crippen LogP contribution in [-0.4, -0.2) is 26.4 Å².